The summed E-state index contributed by atoms with van der Waals surface area (Å²) in [5.41, 5.74) is 9.66. The zero-order chi connectivity index (χ0) is 41.9. The summed E-state index contributed by atoms with van der Waals surface area (Å²) in [7, 11) is 3.89. The van der Waals surface area contributed by atoms with Gasteiger partial charge in [0, 0.05) is 33.6 Å². The lowest BCUT2D eigenvalue weighted by Gasteiger charge is -2.30. The van der Waals surface area contributed by atoms with Crippen molar-refractivity contribution in [2.75, 3.05) is 41.0 Å². The predicted octanol–water partition coefficient (Wildman–Crippen LogP) is 5.68. The van der Waals surface area contributed by atoms with Crippen LogP contribution in [-0.2, 0) is 23.7 Å². The van der Waals surface area contributed by atoms with Crippen molar-refractivity contribution >= 4 is 18.1 Å². The van der Waals surface area contributed by atoms with E-state index < -0.39 is 92.3 Å². The first-order valence-corrected chi connectivity index (χ1v) is 18.5. The number of carbonyl (C=O) groups excluding carboxylic acids is 3. The Bertz CT molecular complexity index is 2060. The molecule has 4 aromatic rings. The van der Waals surface area contributed by atoms with Gasteiger partial charge in [0.2, 0.25) is 5.91 Å². The number of ether oxygens (including phenoxy) is 4. The zero-order valence-electron chi connectivity index (χ0n) is 32.5. The summed E-state index contributed by atoms with van der Waals surface area (Å²) in [5, 5.41) is 2.38. The molecule has 6 atom stereocenters. The molecule has 5 N–H and O–H groups in total. The van der Waals surface area contributed by atoms with Gasteiger partial charge in [0.15, 0.2) is 0 Å². The number of nitrogens with one attached hydrogen (secondary N) is 3. The number of nitrogens with zero attached hydrogens (tertiary/aromatic N) is 4. The van der Waals surface area contributed by atoms with Crippen molar-refractivity contribution in [1.29, 1.82) is 0 Å². The number of alkyl halides is 4. The molecule has 2 aliphatic heterocycles. The van der Waals surface area contributed by atoms with Gasteiger partial charge in [0.1, 0.15) is 23.8 Å². The van der Waals surface area contributed by atoms with Crippen molar-refractivity contribution in [3.8, 4) is 33.6 Å². The van der Waals surface area contributed by atoms with E-state index in [4.69, 9.17) is 19.9 Å². The van der Waals surface area contributed by atoms with E-state index in [0.717, 1.165) is 34.3 Å². The van der Waals surface area contributed by atoms with Crippen molar-refractivity contribution in [3.63, 3.8) is 0 Å². The van der Waals surface area contributed by atoms with E-state index >= 15 is 0 Å². The molecule has 2 fully saturated rings. The number of halogens is 4. The lowest BCUT2D eigenvalue weighted by molar-refractivity contribution is -0.138. The number of primary amides is 1. The van der Waals surface area contributed by atoms with Gasteiger partial charge in [-0.1, -0.05) is 48.5 Å². The molecule has 19 heteroatoms. The molecule has 4 heterocycles. The Labute approximate surface area is 331 Å². The summed E-state index contributed by atoms with van der Waals surface area (Å²) >= 11 is 0. The molecular weight excluding hydrogens is 768 g/mol. The van der Waals surface area contributed by atoms with Crippen molar-refractivity contribution in [2.24, 2.45) is 5.73 Å². The summed E-state index contributed by atoms with van der Waals surface area (Å²) in [4.78, 5) is 54.6. The number of likely N-dealkylation sites (tertiary alicyclic amines) is 2. The summed E-state index contributed by atoms with van der Waals surface area (Å²) < 4.78 is 79.3. The molecule has 0 aliphatic carbocycles. The van der Waals surface area contributed by atoms with Crippen LogP contribution in [0.2, 0.25) is 0 Å². The van der Waals surface area contributed by atoms with E-state index in [9.17, 15) is 31.9 Å². The summed E-state index contributed by atoms with van der Waals surface area (Å²) in [6.07, 6.45) is -2.26. The van der Waals surface area contributed by atoms with Crippen LogP contribution in [0.25, 0.3) is 33.6 Å². The third kappa shape index (κ3) is 9.43. The quantitative estimate of drug-likeness (QED) is 0.115. The third-order valence-corrected chi connectivity index (χ3v) is 10.6. The smallest absolute Gasteiger partial charge is 0.407 e. The average Bonchev–Trinajstić information content (AvgIpc) is 4.01. The van der Waals surface area contributed by atoms with E-state index in [2.05, 4.69) is 30.0 Å². The highest BCUT2D eigenvalue weighted by atomic mass is 19.3. The molecule has 2 aliphatic rings. The molecule has 2 saturated heterocycles. The van der Waals surface area contributed by atoms with Crippen LogP contribution < -0.4 is 11.1 Å². The number of imidazole rings is 2. The number of methoxy groups -OCH3 is 3. The van der Waals surface area contributed by atoms with Gasteiger partial charge in [0.05, 0.1) is 68.3 Å². The topological polar surface area (TPSA) is 190 Å². The number of hydrogen-bond acceptors (Lipinski definition) is 10. The monoisotopic (exact) mass is 814 g/mol. The Balaban J connectivity index is 1.14. The van der Waals surface area contributed by atoms with E-state index in [1.165, 1.54) is 32.2 Å². The van der Waals surface area contributed by atoms with Crippen molar-refractivity contribution < 1.29 is 50.9 Å². The Kier molecular flexibility index (Phi) is 12.4. The van der Waals surface area contributed by atoms with Crippen molar-refractivity contribution in [2.45, 2.75) is 75.0 Å². The van der Waals surface area contributed by atoms with Gasteiger partial charge in [-0.25, -0.2) is 37.1 Å². The Hall–Kier alpha value is -5.53. The van der Waals surface area contributed by atoms with Crippen LogP contribution in [0.4, 0.5) is 27.2 Å². The molecule has 0 spiro atoms. The van der Waals surface area contributed by atoms with Crippen LogP contribution in [-0.4, -0.2) is 125 Å². The second-order valence-electron chi connectivity index (χ2n) is 14.5. The second-order valence-corrected chi connectivity index (χ2v) is 14.5. The van der Waals surface area contributed by atoms with E-state index in [-0.39, 0.29) is 12.4 Å². The fraction of sp³-hybridized carbons (Fsp3) is 0.462. The fourth-order valence-corrected chi connectivity index (χ4v) is 7.32. The first-order chi connectivity index (χ1) is 27.5. The molecule has 3 amide bonds. The van der Waals surface area contributed by atoms with Crippen molar-refractivity contribution in [1.82, 2.24) is 35.1 Å². The van der Waals surface area contributed by atoms with Crippen LogP contribution in [0, 0.1) is 0 Å². The zero-order valence-corrected chi connectivity index (χ0v) is 32.5. The third-order valence-electron chi connectivity index (χ3n) is 10.6. The minimum atomic E-state index is -3.19. The molecule has 6 rings (SSSR count). The molecule has 2 aromatic carbocycles. The molecule has 0 saturated carbocycles. The number of benzene rings is 2. The fourth-order valence-electron chi connectivity index (χ4n) is 7.32. The van der Waals surface area contributed by atoms with Crippen LogP contribution in [0.5, 0.6) is 0 Å². The number of alkyl carbamates (subject to hydrolysis) is 1. The number of aromatic nitrogens is 4. The maximum absolute atomic E-state index is 14.8. The van der Waals surface area contributed by atoms with Crippen LogP contribution in [0.1, 0.15) is 50.4 Å². The van der Waals surface area contributed by atoms with Crippen LogP contribution in [0.3, 0.4) is 0 Å². The largest absolute Gasteiger partial charge is 0.453 e. The molecule has 0 unspecified atom stereocenters. The highest BCUT2D eigenvalue weighted by Gasteiger charge is 2.51. The predicted molar refractivity (Wildman–Crippen MR) is 202 cm³/mol. The number of amides is 3. The molecular formula is C39H46F4N8O7. The number of H-pyrrole nitrogens is 2. The number of rotatable bonds is 14. The highest BCUT2D eigenvalue weighted by Crippen LogP contribution is 2.42. The van der Waals surface area contributed by atoms with E-state index in [1.807, 2.05) is 48.5 Å². The number of carbonyl (C=O) groups is 3. The van der Waals surface area contributed by atoms with Crippen LogP contribution >= 0.6 is 0 Å². The molecule has 58 heavy (non-hydrogen) atoms. The summed E-state index contributed by atoms with van der Waals surface area (Å²) in [6, 6.07) is 11.9. The standard InChI is InChI=1S/C39H46F4N8O7/c1-21(55-3)31(58-36(44)53)18-50-19-38(40,41)14-29(50)33-45-16-27(47-33)25-10-6-23(7-11-25)24-8-12-26(13-9-24)28-17-46-34(48-28)30-15-39(42,43)20-51(30)35(52)32(22(2)56-4)49-37(54)57-5/h6-13,16-17,21-22,29-32H,14-15,18-20H2,1-5H3,(H2,44,53)(H,45,47)(H,46,48)(H,49,54)/t21-,22-,29+,30+,31+,32+/m1/s1. The lowest BCUT2D eigenvalue weighted by Crippen LogP contribution is -2.54. The van der Waals surface area contributed by atoms with Gasteiger partial charge in [-0.15, -0.1) is 0 Å². The molecule has 312 valence electrons. The maximum atomic E-state index is 14.8. The van der Waals surface area contributed by atoms with Crippen LogP contribution in [0.15, 0.2) is 60.9 Å². The van der Waals surface area contributed by atoms with Gasteiger partial charge in [0.25, 0.3) is 11.8 Å². The minimum absolute atomic E-state index is 0.0327. The van der Waals surface area contributed by atoms with Gasteiger partial charge in [-0.2, -0.15) is 0 Å². The minimum Gasteiger partial charge on any atom is -0.453 e. The second kappa shape index (κ2) is 17.1. The normalized spacial score (nSPS) is 20.9. The highest BCUT2D eigenvalue weighted by molar-refractivity contribution is 5.87. The van der Waals surface area contributed by atoms with E-state index in [1.54, 1.807) is 13.1 Å². The van der Waals surface area contributed by atoms with Gasteiger partial charge >= 0.3 is 12.2 Å². The van der Waals surface area contributed by atoms with Crippen molar-refractivity contribution in [3.05, 3.63) is 72.6 Å². The number of hydrogen-bond donors (Lipinski definition) is 4. The number of nitrogens with two attached hydrogens (primary N) is 1. The molecule has 2 aromatic heterocycles. The molecule has 0 bridgehead atoms. The van der Waals surface area contributed by atoms with E-state index in [0.29, 0.717) is 17.2 Å². The van der Waals surface area contributed by atoms with Gasteiger partial charge < -0.3 is 44.9 Å². The van der Waals surface area contributed by atoms with Gasteiger partial charge in [-0.3, -0.25) is 9.69 Å². The Morgan fingerprint density at radius 2 is 1.28 bits per heavy atom. The lowest BCUT2D eigenvalue weighted by atomic mass is 10.0. The first-order valence-electron chi connectivity index (χ1n) is 18.5. The molecule has 15 nitrogen and oxygen atoms in total. The Morgan fingerprint density at radius 3 is 1.78 bits per heavy atom. The summed E-state index contributed by atoms with van der Waals surface area (Å²) in [5.74, 6) is -6.43. The molecule has 0 radical (unpaired) electrons. The average molecular weight is 815 g/mol. The summed E-state index contributed by atoms with van der Waals surface area (Å²) in [6.45, 7) is 1.75. The van der Waals surface area contributed by atoms with Gasteiger partial charge in [-0.05, 0) is 36.1 Å². The maximum Gasteiger partial charge on any atom is 0.407 e. The Morgan fingerprint density at radius 1 is 0.793 bits per heavy atom. The SMILES string of the molecule is COC(=O)N[C@H](C(=O)N1CC(F)(F)C[C@H]1c1ncc(-c2ccc(-c3ccc(-c4cnc([C@@H]5CC(F)(F)CN5C[C@H](OC(N)=O)[C@@H](C)OC)[nH]4)cc3)cc2)[nH]1)[C@@H](C)OC. The first kappa shape index (κ1) is 42.1. The number of aromatic amines is 2.